The Bertz CT molecular complexity index is 607. The van der Waals surface area contributed by atoms with Crippen molar-refractivity contribution in [3.63, 3.8) is 0 Å². The Morgan fingerprint density at radius 3 is 2.71 bits per heavy atom. The average molecular weight is 306 g/mol. The van der Waals surface area contributed by atoms with Crippen molar-refractivity contribution in [1.29, 1.82) is 0 Å². The Morgan fingerprint density at radius 1 is 1.19 bits per heavy atom. The van der Waals surface area contributed by atoms with Gasteiger partial charge in [0.25, 0.3) is 0 Å². The number of nitrogen functional groups attached to an aromatic ring is 1. The SMILES string of the molecule is Nn1c(SCC2CCCCC2)nnc1-c1ccccc1F. The van der Waals surface area contributed by atoms with Crippen LogP contribution in [0.25, 0.3) is 11.4 Å². The number of thioether (sulfide) groups is 1. The maximum atomic E-state index is 13.8. The van der Waals surface area contributed by atoms with E-state index in [9.17, 15) is 4.39 Å². The van der Waals surface area contributed by atoms with Crippen molar-refractivity contribution < 1.29 is 4.39 Å². The maximum Gasteiger partial charge on any atom is 0.210 e. The highest BCUT2D eigenvalue weighted by molar-refractivity contribution is 7.99. The normalized spacial score (nSPS) is 16.2. The maximum absolute atomic E-state index is 13.8. The summed E-state index contributed by atoms with van der Waals surface area (Å²) >= 11 is 1.62. The quantitative estimate of drug-likeness (QED) is 0.694. The fraction of sp³-hybridized carbons (Fsp3) is 0.467. The Labute approximate surface area is 127 Å². The highest BCUT2D eigenvalue weighted by Crippen LogP contribution is 2.30. The summed E-state index contributed by atoms with van der Waals surface area (Å²) < 4.78 is 15.2. The summed E-state index contributed by atoms with van der Waals surface area (Å²) in [6.45, 7) is 0. The van der Waals surface area contributed by atoms with Crippen LogP contribution in [0, 0.1) is 11.7 Å². The summed E-state index contributed by atoms with van der Waals surface area (Å²) in [5.74, 6) is 7.81. The van der Waals surface area contributed by atoms with Gasteiger partial charge in [-0.15, -0.1) is 10.2 Å². The molecule has 4 nitrogen and oxygen atoms in total. The molecule has 0 saturated heterocycles. The first-order chi connectivity index (χ1) is 10.3. The van der Waals surface area contributed by atoms with Crippen molar-refractivity contribution in [3.05, 3.63) is 30.1 Å². The second kappa shape index (κ2) is 6.47. The molecule has 0 amide bonds. The predicted octanol–water partition coefficient (Wildman–Crippen LogP) is 3.47. The molecule has 1 aromatic heterocycles. The van der Waals surface area contributed by atoms with E-state index in [1.54, 1.807) is 30.0 Å². The summed E-state index contributed by atoms with van der Waals surface area (Å²) in [4.78, 5) is 0. The largest absolute Gasteiger partial charge is 0.335 e. The molecular weight excluding hydrogens is 287 g/mol. The number of halogens is 1. The van der Waals surface area contributed by atoms with Gasteiger partial charge in [0.15, 0.2) is 5.82 Å². The van der Waals surface area contributed by atoms with Crippen LogP contribution in [-0.4, -0.2) is 20.6 Å². The van der Waals surface area contributed by atoms with Crippen molar-refractivity contribution in [2.45, 2.75) is 37.3 Å². The van der Waals surface area contributed by atoms with Crippen LogP contribution in [0.5, 0.6) is 0 Å². The van der Waals surface area contributed by atoms with Gasteiger partial charge in [0.1, 0.15) is 5.82 Å². The number of benzene rings is 1. The monoisotopic (exact) mass is 306 g/mol. The summed E-state index contributed by atoms with van der Waals surface area (Å²) in [5, 5.41) is 8.79. The van der Waals surface area contributed by atoms with Gasteiger partial charge >= 0.3 is 0 Å². The summed E-state index contributed by atoms with van der Waals surface area (Å²) in [6, 6.07) is 6.48. The lowest BCUT2D eigenvalue weighted by Gasteiger charge is -2.20. The van der Waals surface area contributed by atoms with Crippen molar-refractivity contribution in [1.82, 2.24) is 14.9 Å². The molecule has 2 N–H and O–H groups in total. The molecule has 0 unspecified atom stereocenters. The molecule has 1 aliphatic rings. The minimum absolute atomic E-state index is 0.333. The van der Waals surface area contributed by atoms with E-state index in [4.69, 9.17) is 5.84 Å². The standard InChI is InChI=1S/C15H19FN4S/c16-13-9-5-4-8-12(13)14-18-19-15(20(14)17)21-10-11-6-2-1-3-7-11/h4-5,8-9,11H,1-3,6-7,10,17H2. The van der Waals surface area contributed by atoms with E-state index in [-0.39, 0.29) is 5.82 Å². The molecule has 0 aliphatic heterocycles. The third-order valence-electron chi connectivity index (χ3n) is 3.95. The molecule has 1 fully saturated rings. The van der Waals surface area contributed by atoms with E-state index in [0.29, 0.717) is 16.5 Å². The number of nitrogens with zero attached hydrogens (tertiary/aromatic N) is 3. The van der Waals surface area contributed by atoms with Crippen LogP contribution in [0.15, 0.2) is 29.4 Å². The van der Waals surface area contributed by atoms with Crippen LogP contribution in [-0.2, 0) is 0 Å². The first-order valence-corrected chi connectivity index (χ1v) is 8.32. The fourth-order valence-electron chi connectivity index (χ4n) is 2.75. The van der Waals surface area contributed by atoms with Gasteiger partial charge < -0.3 is 5.84 Å². The number of aromatic nitrogens is 3. The van der Waals surface area contributed by atoms with Gasteiger partial charge in [-0.1, -0.05) is 43.2 Å². The van der Waals surface area contributed by atoms with Crippen molar-refractivity contribution >= 4 is 11.8 Å². The Kier molecular flexibility index (Phi) is 4.43. The second-order valence-corrected chi connectivity index (χ2v) is 6.46. The van der Waals surface area contributed by atoms with Crippen LogP contribution >= 0.6 is 11.8 Å². The molecule has 0 spiro atoms. The number of hydrogen-bond donors (Lipinski definition) is 1. The molecule has 1 aromatic carbocycles. The Morgan fingerprint density at radius 2 is 1.95 bits per heavy atom. The lowest BCUT2D eigenvalue weighted by Crippen LogP contribution is -2.14. The molecule has 0 atom stereocenters. The zero-order valence-electron chi connectivity index (χ0n) is 11.8. The van der Waals surface area contributed by atoms with Crippen LogP contribution in [0.4, 0.5) is 4.39 Å². The van der Waals surface area contributed by atoms with Crippen molar-refractivity contribution in [2.24, 2.45) is 5.92 Å². The van der Waals surface area contributed by atoms with Crippen molar-refractivity contribution in [3.8, 4) is 11.4 Å². The number of nitrogens with two attached hydrogens (primary N) is 1. The van der Waals surface area contributed by atoms with Gasteiger partial charge in [-0.2, -0.15) is 0 Å². The first kappa shape index (κ1) is 14.4. The lowest BCUT2D eigenvalue weighted by molar-refractivity contribution is 0.390. The smallest absolute Gasteiger partial charge is 0.210 e. The minimum atomic E-state index is -0.333. The molecule has 0 bridgehead atoms. The van der Waals surface area contributed by atoms with E-state index >= 15 is 0 Å². The minimum Gasteiger partial charge on any atom is -0.335 e. The average Bonchev–Trinajstić information content (AvgIpc) is 2.88. The van der Waals surface area contributed by atoms with Gasteiger partial charge in [-0.25, -0.2) is 9.07 Å². The van der Waals surface area contributed by atoms with Crippen molar-refractivity contribution in [2.75, 3.05) is 11.6 Å². The van der Waals surface area contributed by atoms with Crippen LogP contribution in [0.3, 0.4) is 0 Å². The summed E-state index contributed by atoms with van der Waals surface area (Å²) in [6.07, 6.45) is 6.56. The molecule has 112 valence electrons. The van der Waals surface area contributed by atoms with Crippen LogP contribution < -0.4 is 5.84 Å². The lowest BCUT2D eigenvalue weighted by atomic mass is 9.91. The molecule has 1 aliphatic carbocycles. The third kappa shape index (κ3) is 3.20. The molecule has 0 radical (unpaired) electrons. The van der Waals surface area contributed by atoms with Crippen LogP contribution in [0.1, 0.15) is 32.1 Å². The molecule has 2 aromatic rings. The van der Waals surface area contributed by atoms with E-state index in [1.165, 1.54) is 42.8 Å². The fourth-order valence-corrected chi connectivity index (χ4v) is 3.79. The number of hydrogen-bond acceptors (Lipinski definition) is 4. The van der Waals surface area contributed by atoms with Gasteiger partial charge in [0, 0.05) is 5.75 Å². The summed E-state index contributed by atoms with van der Waals surface area (Å²) in [5.41, 5.74) is 0.386. The molecule has 1 heterocycles. The van der Waals surface area contributed by atoms with Gasteiger partial charge in [-0.3, -0.25) is 0 Å². The number of rotatable bonds is 4. The van der Waals surface area contributed by atoms with E-state index in [2.05, 4.69) is 10.2 Å². The van der Waals surface area contributed by atoms with E-state index in [1.807, 2.05) is 0 Å². The molecule has 3 rings (SSSR count). The van der Waals surface area contributed by atoms with Crippen LogP contribution in [0.2, 0.25) is 0 Å². The molecule has 21 heavy (non-hydrogen) atoms. The zero-order valence-corrected chi connectivity index (χ0v) is 12.7. The first-order valence-electron chi connectivity index (χ1n) is 7.34. The van der Waals surface area contributed by atoms with Gasteiger partial charge in [0.2, 0.25) is 5.16 Å². The second-order valence-electron chi connectivity index (χ2n) is 5.47. The zero-order chi connectivity index (χ0) is 14.7. The molecule has 1 saturated carbocycles. The predicted molar refractivity (Wildman–Crippen MR) is 82.9 cm³/mol. The topological polar surface area (TPSA) is 56.7 Å². The molecule has 6 heteroatoms. The highest BCUT2D eigenvalue weighted by Gasteiger charge is 2.18. The third-order valence-corrected chi connectivity index (χ3v) is 5.13. The highest BCUT2D eigenvalue weighted by atomic mass is 32.2. The Hall–Kier alpha value is -1.56. The molecular formula is C15H19FN4S. The Balaban J connectivity index is 1.72. The van der Waals surface area contributed by atoms with E-state index < -0.39 is 0 Å². The summed E-state index contributed by atoms with van der Waals surface area (Å²) in [7, 11) is 0. The van der Waals surface area contributed by atoms with E-state index in [0.717, 1.165) is 11.7 Å². The van der Waals surface area contributed by atoms with Gasteiger partial charge in [0.05, 0.1) is 5.56 Å². The van der Waals surface area contributed by atoms with Gasteiger partial charge in [-0.05, 0) is 30.9 Å².